The zero-order chi connectivity index (χ0) is 11.2. The normalized spacial score (nSPS) is 11.1. The lowest BCUT2D eigenvalue weighted by Crippen LogP contribution is -1.71. The van der Waals surface area contributed by atoms with E-state index in [9.17, 15) is 0 Å². The second-order valence-corrected chi connectivity index (χ2v) is 4.22. The Hall–Kier alpha value is -2.46. The van der Waals surface area contributed by atoms with E-state index in [0.717, 1.165) is 16.4 Å². The van der Waals surface area contributed by atoms with Crippen LogP contribution in [0, 0.1) is 12.1 Å². The summed E-state index contributed by atoms with van der Waals surface area (Å²) in [4.78, 5) is 3.38. The fraction of sp³-hybridized carbons (Fsp3) is 0. The van der Waals surface area contributed by atoms with Gasteiger partial charge in [0.25, 0.3) is 0 Å². The van der Waals surface area contributed by atoms with Gasteiger partial charge in [-0.2, -0.15) is 0 Å². The maximum absolute atomic E-state index is 3.38. The van der Waals surface area contributed by atoms with Crippen molar-refractivity contribution in [2.75, 3.05) is 0 Å². The van der Waals surface area contributed by atoms with Gasteiger partial charge >= 0.3 is 0 Å². The first-order valence-electron chi connectivity index (χ1n) is 5.65. The van der Waals surface area contributed by atoms with Crippen LogP contribution in [0.2, 0.25) is 0 Å². The Labute approximate surface area is 98.7 Å². The SMILES string of the molecule is c1c2ccccc2c2c(c#1)[nH]c1ccccc12. The molecule has 0 radical (unpaired) electrons. The van der Waals surface area contributed by atoms with Crippen LogP contribution in [0.15, 0.2) is 48.5 Å². The van der Waals surface area contributed by atoms with Crippen LogP contribution in [-0.4, -0.2) is 4.98 Å². The van der Waals surface area contributed by atoms with Gasteiger partial charge < -0.3 is 4.98 Å². The molecule has 0 saturated heterocycles. The molecule has 0 spiro atoms. The van der Waals surface area contributed by atoms with Crippen LogP contribution in [0.5, 0.6) is 0 Å². The van der Waals surface area contributed by atoms with Gasteiger partial charge in [-0.05, 0) is 18.2 Å². The van der Waals surface area contributed by atoms with Crippen molar-refractivity contribution in [3.63, 3.8) is 0 Å². The van der Waals surface area contributed by atoms with E-state index in [1.807, 2.05) is 12.1 Å². The van der Waals surface area contributed by atoms with E-state index in [1.165, 1.54) is 16.2 Å². The summed E-state index contributed by atoms with van der Waals surface area (Å²) in [7, 11) is 0. The van der Waals surface area contributed by atoms with E-state index >= 15 is 0 Å². The third-order valence-electron chi connectivity index (χ3n) is 3.22. The van der Waals surface area contributed by atoms with E-state index in [-0.39, 0.29) is 0 Å². The molecular weight excluding hydrogens is 206 g/mol. The molecule has 1 heterocycles. The molecule has 17 heavy (non-hydrogen) atoms. The summed E-state index contributed by atoms with van der Waals surface area (Å²) in [5, 5.41) is 4.85. The fourth-order valence-electron chi connectivity index (χ4n) is 2.46. The summed E-state index contributed by atoms with van der Waals surface area (Å²) in [5.74, 6) is 0. The van der Waals surface area contributed by atoms with Gasteiger partial charge in [-0.3, -0.25) is 0 Å². The highest BCUT2D eigenvalue weighted by molar-refractivity contribution is 6.19. The van der Waals surface area contributed by atoms with E-state index in [0.29, 0.717) is 0 Å². The number of rotatable bonds is 0. The van der Waals surface area contributed by atoms with Crippen molar-refractivity contribution >= 4 is 32.6 Å². The minimum Gasteiger partial charge on any atom is -0.348 e. The maximum Gasteiger partial charge on any atom is 0.0988 e. The third-order valence-corrected chi connectivity index (χ3v) is 3.22. The number of nitrogens with one attached hydrogen (secondary N) is 1. The number of hydrogen-bond donors (Lipinski definition) is 1. The Bertz CT molecular complexity index is 834. The van der Waals surface area contributed by atoms with Gasteiger partial charge in [0.15, 0.2) is 0 Å². The van der Waals surface area contributed by atoms with Gasteiger partial charge in [-0.15, -0.1) is 0 Å². The predicted octanol–water partition coefficient (Wildman–Crippen LogP) is 4.07. The van der Waals surface area contributed by atoms with Crippen LogP contribution >= 0.6 is 0 Å². The van der Waals surface area contributed by atoms with Crippen molar-refractivity contribution in [2.45, 2.75) is 0 Å². The van der Waals surface area contributed by atoms with Crippen molar-refractivity contribution in [2.24, 2.45) is 0 Å². The number of aromatic amines is 1. The highest BCUT2D eigenvalue weighted by atomic mass is 14.7. The van der Waals surface area contributed by atoms with Crippen LogP contribution in [0.4, 0.5) is 0 Å². The number of fused-ring (bicyclic) bond motifs is 5. The fourth-order valence-corrected chi connectivity index (χ4v) is 2.46. The quantitative estimate of drug-likeness (QED) is 0.455. The molecule has 1 nitrogen and oxygen atoms in total. The first-order valence-corrected chi connectivity index (χ1v) is 5.65. The van der Waals surface area contributed by atoms with Gasteiger partial charge in [0.2, 0.25) is 0 Å². The molecule has 1 aromatic heterocycles. The predicted molar refractivity (Wildman–Crippen MR) is 71.0 cm³/mol. The Kier molecular flexibility index (Phi) is 1.54. The number of benzene rings is 2. The van der Waals surface area contributed by atoms with Gasteiger partial charge in [0, 0.05) is 27.1 Å². The molecule has 1 N–H and O–H groups in total. The molecule has 0 aliphatic carbocycles. The highest BCUT2D eigenvalue weighted by Crippen LogP contribution is 2.29. The van der Waals surface area contributed by atoms with Gasteiger partial charge in [0.05, 0.1) is 5.52 Å². The van der Waals surface area contributed by atoms with Gasteiger partial charge in [-0.1, -0.05) is 42.5 Å². The summed E-state index contributed by atoms with van der Waals surface area (Å²) in [6, 6.07) is 23.1. The van der Waals surface area contributed by atoms with Crippen molar-refractivity contribution in [3.8, 4) is 0 Å². The van der Waals surface area contributed by atoms with Gasteiger partial charge in [0.1, 0.15) is 0 Å². The standard InChI is InChI=1S/C16H9N/c1-2-6-12-11(5-1)9-10-15-16(12)13-7-3-4-8-14(13)17-15/h1-8,17H. The molecular formula is C16H9N. The average Bonchev–Trinajstić information content (AvgIpc) is 2.77. The van der Waals surface area contributed by atoms with E-state index < -0.39 is 0 Å². The monoisotopic (exact) mass is 215 g/mol. The molecule has 78 valence electrons. The van der Waals surface area contributed by atoms with E-state index in [4.69, 9.17) is 0 Å². The topological polar surface area (TPSA) is 15.8 Å². The number of aromatic nitrogens is 1. The lowest BCUT2D eigenvalue weighted by molar-refractivity contribution is 1.56. The summed E-state index contributed by atoms with van der Waals surface area (Å²) in [6.45, 7) is 0. The zero-order valence-electron chi connectivity index (χ0n) is 9.12. The zero-order valence-corrected chi connectivity index (χ0v) is 9.12. The van der Waals surface area contributed by atoms with E-state index in [1.54, 1.807) is 0 Å². The molecule has 0 fully saturated rings. The molecule has 0 unspecified atom stereocenters. The van der Waals surface area contributed by atoms with E-state index in [2.05, 4.69) is 53.5 Å². The first kappa shape index (κ1) is 8.66. The molecule has 0 atom stereocenters. The molecule has 4 aromatic rings. The number of para-hydroxylation sites is 1. The summed E-state index contributed by atoms with van der Waals surface area (Å²) < 4.78 is 0. The Morgan fingerprint density at radius 1 is 0.765 bits per heavy atom. The summed E-state index contributed by atoms with van der Waals surface area (Å²) >= 11 is 0. The van der Waals surface area contributed by atoms with Gasteiger partial charge in [-0.25, -0.2) is 0 Å². The van der Waals surface area contributed by atoms with Crippen LogP contribution in [0.1, 0.15) is 0 Å². The molecule has 4 rings (SSSR count). The molecule has 1 heteroatoms. The lowest BCUT2D eigenvalue weighted by Gasteiger charge is -1.95. The molecule has 0 aliphatic heterocycles. The number of hydrogen-bond acceptors (Lipinski definition) is 0. The number of H-pyrrole nitrogens is 1. The first-order chi connectivity index (χ1) is 8.43. The molecule has 0 bridgehead atoms. The minimum atomic E-state index is 1.03. The van der Waals surface area contributed by atoms with Crippen molar-refractivity contribution in [1.29, 1.82) is 0 Å². The Morgan fingerprint density at radius 2 is 1.53 bits per heavy atom. The highest BCUT2D eigenvalue weighted by Gasteiger charge is 2.06. The molecule has 3 aromatic carbocycles. The Morgan fingerprint density at radius 3 is 2.47 bits per heavy atom. The Balaban J connectivity index is 2.38. The molecule has 0 aliphatic rings. The maximum atomic E-state index is 3.38. The smallest absolute Gasteiger partial charge is 0.0988 e. The van der Waals surface area contributed by atoms with Crippen molar-refractivity contribution in [3.05, 3.63) is 60.7 Å². The van der Waals surface area contributed by atoms with Crippen molar-refractivity contribution < 1.29 is 0 Å². The van der Waals surface area contributed by atoms with Crippen LogP contribution in [0.25, 0.3) is 32.6 Å². The minimum absolute atomic E-state index is 1.03. The van der Waals surface area contributed by atoms with Crippen molar-refractivity contribution in [1.82, 2.24) is 4.98 Å². The second kappa shape index (κ2) is 3.02. The van der Waals surface area contributed by atoms with Crippen LogP contribution in [0.3, 0.4) is 0 Å². The summed E-state index contributed by atoms with van der Waals surface area (Å²) in [6.07, 6.45) is 0. The molecule has 0 amide bonds. The summed E-state index contributed by atoms with van der Waals surface area (Å²) in [5.41, 5.74) is 2.19. The largest absolute Gasteiger partial charge is 0.348 e. The van der Waals surface area contributed by atoms with Crippen LogP contribution in [-0.2, 0) is 0 Å². The average molecular weight is 215 g/mol. The third kappa shape index (κ3) is 1.10. The second-order valence-electron chi connectivity index (χ2n) is 4.22. The molecule has 0 saturated carbocycles. The van der Waals surface area contributed by atoms with Crippen LogP contribution < -0.4 is 0 Å². The lowest BCUT2D eigenvalue weighted by atomic mass is 10.1.